The van der Waals surface area contributed by atoms with Gasteiger partial charge in [-0.25, -0.2) is 4.98 Å². The molecule has 0 amide bonds. The molecule has 3 aromatic heterocycles. The number of rotatable bonds is 5. The maximum absolute atomic E-state index is 12.1. The van der Waals surface area contributed by atoms with Gasteiger partial charge in [0.2, 0.25) is 10.1 Å². The highest BCUT2D eigenvalue weighted by Crippen LogP contribution is 2.30. The molecule has 0 aliphatic heterocycles. The summed E-state index contributed by atoms with van der Waals surface area (Å²) in [5.74, 6) is 0. The van der Waals surface area contributed by atoms with Crippen LogP contribution in [0.4, 0.5) is 5.13 Å². The largest absolute Gasteiger partial charge is 0.343 e. The minimum atomic E-state index is -0.125. The molecule has 0 aliphatic carbocycles. The van der Waals surface area contributed by atoms with Gasteiger partial charge in [-0.05, 0) is 30.5 Å². The van der Waals surface area contributed by atoms with Gasteiger partial charge < -0.3 is 4.90 Å². The first-order chi connectivity index (χ1) is 11.1. The van der Waals surface area contributed by atoms with Crippen molar-refractivity contribution < 1.29 is 0 Å². The minimum Gasteiger partial charge on any atom is -0.343 e. The molecule has 1 unspecified atom stereocenters. The van der Waals surface area contributed by atoms with Crippen molar-refractivity contribution in [1.29, 1.82) is 0 Å². The molecule has 3 rings (SSSR count). The first-order valence-electron chi connectivity index (χ1n) is 7.66. The first-order valence-corrected chi connectivity index (χ1v) is 8.48. The maximum Gasteiger partial charge on any atom is 0.275 e. The lowest BCUT2D eigenvalue weighted by Gasteiger charge is -2.26. The summed E-state index contributed by atoms with van der Waals surface area (Å²) in [6, 6.07) is 5.76. The molecular weight excluding hydrogens is 310 g/mol. The molecule has 6 nitrogen and oxygen atoms in total. The molecule has 23 heavy (non-hydrogen) atoms. The second-order valence-electron chi connectivity index (χ2n) is 5.33. The number of pyridine rings is 1. The molecule has 7 heteroatoms. The van der Waals surface area contributed by atoms with Crippen LogP contribution in [0.3, 0.4) is 0 Å². The zero-order valence-corrected chi connectivity index (χ0v) is 14.2. The zero-order valence-electron chi connectivity index (χ0n) is 13.4. The lowest BCUT2D eigenvalue weighted by Crippen LogP contribution is -2.24. The van der Waals surface area contributed by atoms with Gasteiger partial charge in [-0.1, -0.05) is 25.2 Å². The summed E-state index contributed by atoms with van der Waals surface area (Å²) in [5.41, 5.74) is 1.85. The van der Waals surface area contributed by atoms with E-state index in [1.807, 2.05) is 26.1 Å². The predicted octanol–water partition coefficient (Wildman–Crippen LogP) is 2.70. The van der Waals surface area contributed by atoms with Crippen LogP contribution in [-0.2, 0) is 6.42 Å². The average molecular weight is 329 g/mol. The van der Waals surface area contributed by atoms with Gasteiger partial charge in [0.15, 0.2) is 0 Å². The fourth-order valence-electron chi connectivity index (χ4n) is 2.62. The van der Waals surface area contributed by atoms with Crippen molar-refractivity contribution in [3.05, 3.63) is 52.2 Å². The first kappa shape index (κ1) is 15.6. The molecule has 0 N–H and O–H groups in total. The van der Waals surface area contributed by atoms with Gasteiger partial charge >= 0.3 is 0 Å². The number of fused-ring (bicyclic) bond motifs is 1. The quantitative estimate of drug-likeness (QED) is 0.720. The van der Waals surface area contributed by atoms with Crippen LogP contribution >= 0.6 is 11.3 Å². The zero-order chi connectivity index (χ0) is 16.4. The van der Waals surface area contributed by atoms with E-state index >= 15 is 0 Å². The summed E-state index contributed by atoms with van der Waals surface area (Å²) in [6.45, 7) is 4.12. The van der Waals surface area contributed by atoms with Gasteiger partial charge in [-0.3, -0.25) is 9.78 Å². The summed E-state index contributed by atoms with van der Waals surface area (Å²) in [6.07, 6.45) is 5.26. The van der Waals surface area contributed by atoms with Crippen molar-refractivity contribution in [3.63, 3.8) is 0 Å². The Kier molecular flexibility index (Phi) is 4.38. The third-order valence-electron chi connectivity index (χ3n) is 3.90. The molecule has 0 radical (unpaired) electrons. The predicted molar refractivity (Wildman–Crippen MR) is 92.2 cm³/mol. The molecular formula is C16H19N5OS. The Balaban J connectivity index is 2.01. The fourth-order valence-corrected chi connectivity index (χ4v) is 3.56. The van der Waals surface area contributed by atoms with Crippen LogP contribution in [0.1, 0.15) is 37.6 Å². The van der Waals surface area contributed by atoms with E-state index in [1.54, 1.807) is 18.5 Å². The van der Waals surface area contributed by atoms with E-state index in [1.165, 1.54) is 21.4 Å². The average Bonchev–Trinajstić information content (AvgIpc) is 3.01. The van der Waals surface area contributed by atoms with Crippen LogP contribution in [0, 0.1) is 0 Å². The van der Waals surface area contributed by atoms with Crippen molar-refractivity contribution in [1.82, 2.24) is 19.6 Å². The molecule has 0 saturated heterocycles. The van der Waals surface area contributed by atoms with E-state index in [0.717, 1.165) is 23.7 Å². The number of hydrogen-bond donors (Lipinski definition) is 0. The molecule has 0 saturated carbocycles. The van der Waals surface area contributed by atoms with Crippen LogP contribution in [-0.4, -0.2) is 26.6 Å². The molecule has 0 aliphatic rings. The second-order valence-corrected chi connectivity index (χ2v) is 6.27. The summed E-state index contributed by atoms with van der Waals surface area (Å²) < 4.78 is 1.38. The Hall–Kier alpha value is -2.28. The standard InChI is InChI=1S/C16H19N5OS/c1-4-12-10-14(22)21-15(18-12)23-16(19-21)20(3)13(5-2)11-6-8-17-9-7-11/h6-10,13H,4-5H2,1-3H3. The Morgan fingerprint density at radius 1 is 1.30 bits per heavy atom. The summed E-state index contributed by atoms with van der Waals surface area (Å²) in [4.78, 5) is 23.5. The molecule has 0 aromatic carbocycles. The summed E-state index contributed by atoms with van der Waals surface area (Å²) in [5, 5.41) is 5.24. The molecule has 0 fully saturated rings. The second kappa shape index (κ2) is 6.45. The molecule has 0 bridgehead atoms. The van der Waals surface area contributed by atoms with Crippen molar-refractivity contribution >= 4 is 21.4 Å². The van der Waals surface area contributed by atoms with E-state index in [-0.39, 0.29) is 11.6 Å². The van der Waals surface area contributed by atoms with Gasteiger partial charge in [0, 0.05) is 31.2 Å². The van der Waals surface area contributed by atoms with Gasteiger partial charge in [0.1, 0.15) is 0 Å². The Bertz CT molecular complexity index is 858. The summed E-state index contributed by atoms with van der Waals surface area (Å²) in [7, 11) is 2.00. The number of aryl methyl sites for hydroxylation is 1. The van der Waals surface area contributed by atoms with Gasteiger partial charge in [0.25, 0.3) is 5.56 Å². The number of anilines is 1. The molecule has 1 atom stereocenters. The van der Waals surface area contributed by atoms with Crippen LogP contribution in [0.25, 0.3) is 4.96 Å². The molecule has 0 spiro atoms. The van der Waals surface area contributed by atoms with E-state index in [9.17, 15) is 4.79 Å². The lowest BCUT2D eigenvalue weighted by atomic mass is 10.1. The van der Waals surface area contributed by atoms with Crippen molar-refractivity contribution in [2.45, 2.75) is 32.7 Å². The summed E-state index contributed by atoms with van der Waals surface area (Å²) >= 11 is 1.44. The van der Waals surface area contributed by atoms with Crippen molar-refractivity contribution in [2.75, 3.05) is 11.9 Å². The highest BCUT2D eigenvalue weighted by molar-refractivity contribution is 7.20. The topological polar surface area (TPSA) is 63.4 Å². The van der Waals surface area contributed by atoms with Crippen LogP contribution in [0.2, 0.25) is 0 Å². The third kappa shape index (κ3) is 2.96. The highest BCUT2D eigenvalue weighted by Gasteiger charge is 2.20. The Morgan fingerprint density at radius 2 is 2.04 bits per heavy atom. The normalized spacial score (nSPS) is 12.5. The molecule has 3 heterocycles. The van der Waals surface area contributed by atoms with Crippen molar-refractivity contribution in [2.24, 2.45) is 0 Å². The van der Waals surface area contributed by atoms with E-state index < -0.39 is 0 Å². The Labute approximate surface area is 138 Å². The van der Waals surface area contributed by atoms with Crippen LogP contribution < -0.4 is 10.5 Å². The highest BCUT2D eigenvalue weighted by atomic mass is 32.1. The van der Waals surface area contributed by atoms with Gasteiger partial charge in [-0.2, -0.15) is 4.52 Å². The van der Waals surface area contributed by atoms with Crippen LogP contribution in [0.15, 0.2) is 35.4 Å². The Morgan fingerprint density at radius 3 is 2.70 bits per heavy atom. The van der Waals surface area contributed by atoms with Crippen LogP contribution in [0.5, 0.6) is 0 Å². The monoisotopic (exact) mass is 329 g/mol. The number of aromatic nitrogens is 4. The third-order valence-corrected chi connectivity index (χ3v) is 4.90. The maximum atomic E-state index is 12.1. The van der Waals surface area contributed by atoms with E-state index in [2.05, 4.69) is 26.9 Å². The van der Waals surface area contributed by atoms with E-state index in [4.69, 9.17) is 0 Å². The fraction of sp³-hybridized carbons (Fsp3) is 0.375. The lowest BCUT2D eigenvalue weighted by molar-refractivity contribution is 0.640. The minimum absolute atomic E-state index is 0.125. The number of hydrogen-bond acceptors (Lipinski definition) is 6. The molecule has 3 aromatic rings. The molecule has 120 valence electrons. The smallest absolute Gasteiger partial charge is 0.275 e. The van der Waals surface area contributed by atoms with Gasteiger partial charge in [0.05, 0.1) is 6.04 Å². The van der Waals surface area contributed by atoms with Gasteiger partial charge in [-0.15, -0.1) is 5.10 Å². The van der Waals surface area contributed by atoms with E-state index in [0.29, 0.717) is 4.96 Å². The SMILES string of the molecule is CCc1cc(=O)n2nc(N(C)C(CC)c3ccncc3)sc2n1. The number of nitrogens with zero attached hydrogens (tertiary/aromatic N) is 5. The van der Waals surface area contributed by atoms with Crippen molar-refractivity contribution in [3.8, 4) is 0 Å².